The smallest absolute Gasteiger partial charge is 0.292 e. The number of carbonyl (C=O) groups excluding carboxylic acids is 1. The third-order valence-corrected chi connectivity index (χ3v) is 5.74. The van der Waals surface area contributed by atoms with E-state index in [-0.39, 0.29) is 18.3 Å². The van der Waals surface area contributed by atoms with Crippen molar-refractivity contribution in [2.24, 2.45) is 0 Å². The van der Waals surface area contributed by atoms with Crippen molar-refractivity contribution in [2.75, 3.05) is 5.32 Å². The van der Waals surface area contributed by atoms with Gasteiger partial charge in [-0.3, -0.25) is 9.48 Å². The number of carbonyl (C=O) groups is 1. The fourth-order valence-corrected chi connectivity index (χ4v) is 3.78. The van der Waals surface area contributed by atoms with E-state index >= 15 is 0 Å². The van der Waals surface area contributed by atoms with E-state index in [0.717, 1.165) is 28.1 Å². The molecule has 4 aromatic rings. The maximum absolute atomic E-state index is 12.6. The van der Waals surface area contributed by atoms with E-state index in [1.807, 2.05) is 45.0 Å². The molecule has 0 fully saturated rings. The van der Waals surface area contributed by atoms with Crippen LogP contribution in [0.2, 0.25) is 10.0 Å². The summed E-state index contributed by atoms with van der Waals surface area (Å²) >= 11 is 12.2. The number of rotatable bonds is 7. The van der Waals surface area contributed by atoms with E-state index in [9.17, 15) is 4.79 Å². The maximum Gasteiger partial charge on any atom is 0.292 e. The zero-order valence-electron chi connectivity index (χ0n) is 18.5. The monoisotopic (exact) mass is 483 g/mol. The molecule has 1 amide bonds. The number of anilines is 1. The minimum absolute atomic E-state index is 0.183. The topological polar surface area (TPSA) is 69.3 Å². The van der Waals surface area contributed by atoms with Crippen molar-refractivity contribution in [1.29, 1.82) is 0 Å². The van der Waals surface area contributed by atoms with Crippen molar-refractivity contribution in [3.63, 3.8) is 0 Å². The second kappa shape index (κ2) is 9.73. The number of ether oxygens (including phenoxy) is 1. The molecule has 2 aromatic heterocycles. The fourth-order valence-electron chi connectivity index (χ4n) is 3.31. The average Bonchev–Trinajstić information content (AvgIpc) is 3.37. The number of aryl methyl sites for hydroxylation is 3. The molecule has 2 aromatic carbocycles. The minimum Gasteiger partial charge on any atom is -0.485 e. The normalized spacial score (nSPS) is 10.9. The molecule has 0 aliphatic carbocycles. The molecule has 1 N–H and O–H groups in total. The van der Waals surface area contributed by atoms with E-state index in [2.05, 4.69) is 10.4 Å². The summed E-state index contributed by atoms with van der Waals surface area (Å²) in [6.45, 7) is 6.58. The van der Waals surface area contributed by atoms with Gasteiger partial charge in [-0.1, -0.05) is 41.4 Å². The molecule has 0 unspecified atom stereocenters. The van der Waals surface area contributed by atoms with Crippen molar-refractivity contribution in [1.82, 2.24) is 9.78 Å². The molecule has 8 heteroatoms. The van der Waals surface area contributed by atoms with Gasteiger partial charge in [0.05, 0.1) is 6.54 Å². The lowest BCUT2D eigenvalue weighted by Gasteiger charge is -2.08. The van der Waals surface area contributed by atoms with Crippen LogP contribution in [-0.2, 0) is 13.2 Å². The van der Waals surface area contributed by atoms with Crippen molar-refractivity contribution >= 4 is 34.9 Å². The molecule has 0 bridgehead atoms. The van der Waals surface area contributed by atoms with Crippen molar-refractivity contribution < 1.29 is 13.9 Å². The first-order chi connectivity index (χ1) is 15.8. The van der Waals surface area contributed by atoms with Crippen LogP contribution in [0.5, 0.6) is 5.75 Å². The predicted molar refractivity (Wildman–Crippen MR) is 129 cm³/mol. The van der Waals surface area contributed by atoms with Gasteiger partial charge in [0.2, 0.25) is 0 Å². The summed E-state index contributed by atoms with van der Waals surface area (Å²) in [6.07, 6.45) is 0. The molecular weight excluding hydrogens is 461 g/mol. The molecule has 0 spiro atoms. The molecule has 0 radical (unpaired) electrons. The van der Waals surface area contributed by atoms with Crippen LogP contribution >= 0.6 is 23.2 Å². The number of halogens is 2. The van der Waals surface area contributed by atoms with E-state index < -0.39 is 0 Å². The number of furan rings is 1. The average molecular weight is 484 g/mol. The molecule has 2 heterocycles. The second-order valence-corrected chi connectivity index (χ2v) is 8.69. The molecule has 0 aliphatic rings. The molecule has 6 nitrogen and oxygen atoms in total. The molecule has 170 valence electrons. The summed E-state index contributed by atoms with van der Waals surface area (Å²) in [5.74, 6) is 1.57. The van der Waals surface area contributed by atoms with Gasteiger partial charge in [0, 0.05) is 21.8 Å². The Morgan fingerprint density at radius 2 is 1.88 bits per heavy atom. The Morgan fingerprint density at radius 3 is 2.67 bits per heavy atom. The summed E-state index contributed by atoms with van der Waals surface area (Å²) < 4.78 is 13.3. The zero-order valence-corrected chi connectivity index (χ0v) is 20.0. The summed E-state index contributed by atoms with van der Waals surface area (Å²) in [7, 11) is 0. The number of aromatic nitrogens is 2. The Labute approximate surface area is 202 Å². The Hall–Kier alpha value is -3.22. The number of nitrogens with one attached hydrogen (secondary N) is 1. The first kappa shape index (κ1) is 23.0. The van der Waals surface area contributed by atoms with Gasteiger partial charge >= 0.3 is 0 Å². The summed E-state index contributed by atoms with van der Waals surface area (Å²) in [5, 5.41) is 8.37. The zero-order chi connectivity index (χ0) is 23.5. The lowest BCUT2D eigenvalue weighted by atomic mass is 10.1. The highest BCUT2D eigenvalue weighted by molar-refractivity contribution is 6.35. The van der Waals surface area contributed by atoms with Gasteiger partial charge in [-0.05, 0) is 67.8 Å². The summed E-state index contributed by atoms with van der Waals surface area (Å²) in [5.41, 5.74) is 3.90. The highest BCUT2D eigenvalue weighted by Crippen LogP contribution is 2.23. The van der Waals surface area contributed by atoms with E-state index in [1.165, 1.54) is 0 Å². The van der Waals surface area contributed by atoms with Crippen molar-refractivity contribution in [3.05, 3.63) is 98.5 Å². The first-order valence-corrected chi connectivity index (χ1v) is 11.1. The maximum atomic E-state index is 12.6. The van der Waals surface area contributed by atoms with Crippen molar-refractivity contribution in [3.8, 4) is 5.75 Å². The SMILES string of the molecule is Cc1ccc(C)c(OCc2ccc(C(=O)Nc3cc(C)n(Cc4ccc(Cl)cc4Cl)n3)o2)c1. The quantitative estimate of drug-likeness (QED) is 0.321. The highest BCUT2D eigenvalue weighted by Gasteiger charge is 2.15. The standard InChI is InChI=1S/C25H23Cl2N3O3/c1-15-4-5-16(2)23(10-15)32-14-20-8-9-22(33-20)25(31)28-24-11-17(3)30(29-24)13-18-6-7-19(26)12-21(18)27/h4-12H,13-14H2,1-3H3,(H,28,29,31). The van der Waals surface area contributed by atoms with Gasteiger partial charge in [-0.25, -0.2) is 0 Å². The van der Waals surface area contributed by atoms with Gasteiger partial charge in [-0.2, -0.15) is 5.10 Å². The molecular formula is C25H23Cl2N3O3. The van der Waals surface area contributed by atoms with E-state index in [1.54, 1.807) is 35.0 Å². The fraction of sp³-hybridized carbons (Fsp3) is 0.200. The second-order valence-electron chi connectivity index (χ2n) is 7.84. The highest BCUT2D eigenvalue weighted by atomic mass is 35.5. The van der Waals surface area contributed by atoms with Crippen LogP contribution in [0.4, 0.5) is 5.82 Å². The molecule has 0 saturated heterocycles. The van der Waals surface area contributed by atoms with Gasteiger partial charge in [0.25, 0.3) is 5.91 Å². The Morgan fingerprint density at radius 1 is 1.06 bits per heavy atom. The Balaban J connectivity index is 1.39. The van der Waals surface area contributed by atoms with Crippen LogP contribution in [0, 0.1) is 20.8 Å². The van der Waals surface area contributed by atoms with Crippen LogP contribution in [-0.4, -0.2) is 15.7 Å². The lowest BCUT2D eigenvalue weighted by molar-refractivity contribution is 0.0992. The summed E-state index contributed by atoms with van der Waals surface area (Å²) in [4.78, 5) is 12.6. The van der Waals surface area contributed by atoms with Gasteiger partial charge < -0.3 is 14.5 Å². The Bertz CT molecular complexity index is 1310. The largest absolute Gasteiger partial charge is 0.485 e. The summed E-state index contributed by atoms with van der Waals surface area (Å²) in [6, 6.07) is 16.5. The number of amides is 1. The van der Waals surface area contributed by atoms with Crippen molar-refractivity contribution in [2.45, 2.75) is 33.9 Å². The van der Waals surface area contributed by atoms with Gasteiger partial charge in [0.15, 0.2) is 11.6 Å². The molecule has 33 heavy (non-hydrogen) atoms. The van der Waals surface area contributed by atoms with Crippen LogP contribution in [0.1, 0.15) is 38.7 Å². The Kier molecular flexibility index (Phi) is 6.77. The molecule has 0 aliphatic heterocycles. The van der Waals surface area contributed by atoms with Gasteiger partial charge in [0.1, 0.15) is 18.1 Å². The number of nitrogens with zero attached hydrogens (tertiary/aromatic N) is 2. The molecule has 0 saturated carbocycles. The predicted octanol–water partition coefficient (Wildman–Crippen LogP) is 6.59. The number of benzene rings is 2. The lowest BCUT2D eigenvalue weighted by Crippen LogP contribution is -2.12. The van der Waals surface area contributed by atoms with Crippen LogP contribution in [0.3, 0.4) is 0 Å². The molecule has 0 atom stereocenters. The van der Waals surface area contributed by atoms with Crippen LogP contribution < -0.4 is 10.1 Å². The third-order valence-electron chi connectivity index (χ3n) is 5.16. The van der Waals surface area contributed by atoms with Gasteiger partial charge in [-0.15, -0.1) is 0 Å². The van der Waals surface area contributed by atoms with Crippen LogP contribution in [0.25, 0.3) is 0 Å². The van der Waals surface area contributed by atoms with E-state index in [0.29, 0.717) is 28.2 Å². The van der Waals surface area contributed by atoms with Crippen LogP contribution in [0.15, 0.2) is 59.0 Å². The minimum atomic E-state index is -0.387. The number of hydrogen-bond donors (Lipinski definition) is 1. The first-order valence-electron chi connectivity index (χ1n) is 10.4. The third kappa shape index (κ3) is 5.59. The van der Waals surface area contributed by atoms with E-state index in [4.69, 9.17) is 32.4 Å². The molecule has 4 rings (SSSR count). The number of hydrogen-bond acceptors (Lipinski definition) is 4.